The maximum Gasteiger partial charge on any atom is 0.127 e. The Balaban J connectivity index is 2.90. The number of hydrogen-bond donors (Lipinski definition) is 0. The lowest BCUT2D eigenvalue weighted by Gasteiger charge is -2.42. The van der Waals surface area contributed by atoms with Crippen molar-refractivity contribution in [3.8, 4) is 0 Å². The molecule has 0 saturated heterocycles. The van der Waals surface area contributed by atoms with Crippen LogP contribution in [0.3, 0.4) is 0 Å². The average Bonchev–Trinajstić information content (AvgIpc) is 1.98. The zero-order valence-electron chi connectivity index (χ0n) is 8.26. The molecule has 0 aromatic rings. The van der Waals surface area contributed by atoms with E-state index in [0.717, 1.165) is 18.3 Å². The highest BCUT2D eigenvalue weighted by atomic mass is 16.1. The van der Waals surface area contributed by atoms with Crippen molar-refractivity contribution in [1.29, 1.82) is 0 Å². The summed E-state index contributed by atoms with van der Waals surface area (Å²) in [5.41, 5.74) is 1.23. The molecule has 0 radical (unpaired) electrons. The van der Waals surface area contributed by atoms with Gasteiger partial charge in [0, 0.05) is 5.92 Å². The van der Waals surface area contributed by atoms with Crippen LogP contribution >= 0.6 is 0 Å². The highest BCUT2D eigenvalue weighted by Crippen LogP contribution is 2.45. The van der Waals surface area contributed by atoms with E-state index in [9.17, 15) is 4.79 Å². The van der Waals surface area contributed by atoms with Crippen LogP contribution in [0, 0.1) is 17.3 Å². The molecule has 0 aromatic heterocycles. The molecule has 1 aliphatic rings. The lowest BCUT2D eigenvalue weighted by molar-refractivity contribution is -0.114. The van der Waals surface area contributed by atoms with Gasteiger partial charge >= 0.3 is 0 Å². The summed E-state index contributed by atoms with van der Waals surface area (Å²) in [4.78, 5) is 10.9. The third kappa shape index (κ3) is 1.33. The summed E-state index contributed by atoms with van der Waals surface area (Å²) in [6.07, 6.45) is 3.27. The highest BCUT2D eigenvalue weighted by molar-refractivity contribution is 5.60. The molecule has 0 aliphatic heterocycles. The van der Waals surface area contributed by atoms with Crippen LogP contribution in [0.5, 0.6) is 0 Å². The van der Waals surface area contributed by atoms with Crippen molar-refractivity contribution in [2.24, 2.45) is 17.3 Å². The molecule has 0 spiro atoms. The second-order valence-electron chi connectivity index (χ2n) is 4.53. The van der Waals surface area contributed by atoms with Gasteiger partial charge in [0.1, 0.15) is 6.29 Å². The van der Waals surface area contributed by atoms with Gasteiger partial charge in [0.2, 0.25) is 0 Å². The van der Waals surface area contributed by atoms with E-state index < -0.39 is 0 Å². The first-order valence-electron chi connectivity index (χ1n) is 4.63. The first-order chi connectivity index (χ1) is 5.50. The van der Waals surface area contributed by atoms with Crippen molar-refractivity contribution in [2.75, 3.05) is 0 Å². The van der Waals surface area contributed by atoms with Gasteiger partial charge in [-0.2, -0.15) is 0 Å². The number of aldehydes is 1. The number of rotatable bonds is 1. The zero-order chi connectivity index (χ0) is 9.35. The van der Waals surface area contributed by atoms with Crippen LogP contribution in [-0.2, 0) is 4.79 Å². The van der Waals surface area contributed by atoms with Gasteiger partial charge in [-0.3, -0.25) is 0 Å². The van der Waals surface area contributed by atoms with Crippen LogP contribution in [0.25, 0.3) is 0 Å². The Morgan fingerprint density at radius 3 is 2.58 bits per heavy atom. The fourth-order valence-corrected chi connectivity index (χ4v) is 2.03. The summed E-state index contributed by atoms with van der Waals surface area (Å²) in [7, 11) is 0. The zero-order valence-corrected chi connectivity index (χ0v) is 8.26. The summed E-state index contributed by atoms with van der Waals surface area (Å²) >= 11 is 0. The van der Waals surface area contributed by atoms with Crippen LogP contribution in [0.1, 0.15) is 33.6 Å². The first-order valence-corrected chi connectivity index (χ1v) is 4.63. The number of carbonyl (C=O) groups is 1. The van der Waals surface area contributed by atoms with Gasteiger partial charge < -0.3 is 4.79 Å². The van der Waals surface area contributed by atoms with E-state index in [4.69, 9.17) is 0 Å². The molecule has 1 rings (SSSR count). The van der Waals surface area contributed by atoms with E-state index in [1.54, 1.807) is 0 Å². The molecule has 1 nitrogen and oxygen atoms in total. The van der Waals surface area contributed by atoms with Crippen LogP contribution in [0.2, 0.25) is 0 Å². The summed E-state index contributed by atoms with van der Waals surface area (Å²) in [5, 5.41) is 0. The summed E-state index contributed by atoms with van der Waals surface area (Å²) in [5.74, 6) is 0.694. The van der Waals surface area contributed by atoms with Crippen LogP contribution in [-0.4, -0.2) is 6.29 Å². The summed E-state index contributed by atoms with van der Waals surface area (Å²) in [6, 6.07) is 0. The number of allylic oxidation sites excluding steroid dienone is 1. The molecule has 68 valence electrons. The second kappa shape index (κ2) is 3.04. The molecule has 1 saturated carbocycles. The predicted octanol–water partition coefficient (Wildman–Crippen LogP) is 2.81. The van der Waals surface area contributed by atoms with Crippen LogP contribution < -0.4 is 0 Å². The van der Waals surface area contributed by atoms with Crippen molar-refractivity contribution < 1.29 is 4.79 Å². The molecule has 1 aliphatic carbocycles. The van der Waals surface area contributed by atoms with Gasteiger partial charge in [0.15, 0.2) is 0 Å². The first kappa shape index (κ1) is 9.50. The fourth-order valence-electron chi connectivity index (χ4n) is 2.03. The quantitative estimate of drug-likeness (QED) is 0.432. The van der Waals surface area contributed by atoms with E-state index in [1.165, 1.54) is 6.42 Å². The fraction of sp³-hybridized carbons (Fsp3) is 0.727. The Morgan fingerprint density at radius 1 is 1.58 bits per heavy atom. The van der Waals surface area contributed by atoms with Crippen molar-refractivity contribution in [2.45, 2.75) is 33.6 Å². The molecule has 0 heterocycles. The molecule has 1 heteroatoms. The van der Waals surface area contributed by atoms with Gasteiger partial charge in [-0.25, -0.2) is 0 Å². The van der Waals surface area contributed by atoms with E-state index in [0.29, 0.717) is 5.92 Å². The summed E-state index contributed by atoms with van der Waals surface area (Å²) in [6.45, 7) is 10.5. The normalized spacial score (nSPS) is 34.8. The molecule has 0 N–H and O–H groups in total. The Bertz CT molecular complexity index is 203. The monoisotopic (exact) mass is 166 g/mol. The largest absolute Gasteiger partial charge is 0.303 e. The topological polar surface area (TPSA) is 17.1 Å². The smallest absolute Gasteiger partial charge is 0.127 e. The third-order valence-corrected chi connectivity index (χ3v) is 3.55. The lowest BCUT2D eigenvalue weighted by atomic mass is 9.62. The third-order valence-electron chi connectivity index (χ3n) is 3.55. The minimum atomic E-state index is 0.0706. The minimum absolute atomic E-state index is 0.0706. The summed E-state index contributed by atoms with van der Waals surface area (Å²) < 4.78 is 0. The minimum Gasteiger partial charge on any atom is -0.303 e. The van der Waals surface area contributed by atoms with Gasteiger partial charge in [-0.05, 0) is 24.2 Å². The molecule has 0 aromatic carbocycles. The van der Waals surface area contributed by atoms with Gasteiger partial charge in [-0.1, -0.05) is 32.9 Å². The maximum atomic E-state index is 10.9. The Hall–Kier alpha value is -0.590. The van der Waals surface area contributed by atoms with E-state index in [-0.39, 0.29) is 11.3 Å². The van der Waals surface area contributed by atoms with Crippen molar-refractivity contribution >= 4 is 6.29 Å². The van der Waals surface area contributed by atoms with Crippen molar-refractivity contribution in [1.82, 2.24) is 0 Å². The molecular weight excluding hydrogens is 148 g/mol. The van der Waals surface area contributed by atoms with Gasteiger partial charge in [-0.15, -0.1) is 0 Å². The molecular formula is C11H18O. The van der Waals surface area contributed by atoms with Crippen LogP contribution in [0.4, 0.5) is 0 Å². The second-order valence-corrected chi connectivity index (χ2v) is 4.53. The van der Waals surface area contributed by atoms with Crippen LogP contribution in [0.15, 0.2) is 12.2 Å². The SMILES string of the molecule is C=C1CCC(C)C(C)(C)C1C=O. The van der Waals surface area contributed by atoms with E-state index >= 15 is 0 Å². The Morgan fingerprint density at radius 2 is 2.17 bits per heavy atom. The Labute approximate surface area is 74.9 Å². The molecule has 1 fully saturated rings. The van der Waals surface area contributed by atoms with Crippen molar-refractivity contribution in [3.63, 3.8) is 0 Å². The highest BCUT2D eigenvalue weighted by Gasteiger charge is 2.39. The average molecular weight is 166 g/mol. The lowest BCUT2D eigenvalue weighted by Crippen LogP contribution is -2.36. The predicted molar refractivity (Wildman–Crippen MR) is 50.9 cm³/mol. The number of carbonyl (C=O) groups excluding carboxylic acids is 1. The molecule has 2 unspecified atom stereocenters. The van der Waals surface area contributed by atoms with Crippen molar-refractivity contribution in [3.05, 3.63) is 12.2 Å². The molecule has 2 atom stereocenters. The molecule has 0 bridgehead atoms. The molecule has 0 amide bonds. The van der Waals surface area contributed by atoms with Gasteiger partial charge in [0.05, 0.1) is 0 Å². The molecule has 12 heavy (non-hydrogen) atoms. The number of hydrogen-bond acceptors (Lipinski definition) is 1. The van der Waals surface area contributed by atoms with E-state index in [2.05, 4.69) is 27.4 Å². The van der Waals surface area contributed by atoms with E-state index in [1.807, 2.05) is 0 Å². The maximum absolute atomic E-state index is 10.9. The standard InChI is InChI=1S/C11H18O/c1-8-5-6-9(2)11(3,4)10(8)7-12/h7,9-10H,1,5-6H2,2-4H3. The Kier molecular flexibility index (Phi) is 2.41. The van der Waals surface area contributed by atoms with Gasteiger partial charge in [0.25, 0.3) is 0 Å².